The van der Waals surface area contributed by atoms with E-state index in [1.807, 2.05) is 43.3 Å². The summed E-state index contributed by atoms with van der Waals surface area (Å²) in [6, 6.07) is 14.4. The summed E-state index contributed by atoms with van der Waals surface area (Å²) in [5, 5.41) is 2.91. The Hall–Kier alpha value is -3.07. The Kier molecular flexibility index (Phi) is 9.40. The van der Waals surface area contributed by atoms with Crippen molar-refractivity contribution in [3.8, 4) is 5.75 Å². The van der Waals surface area contributed by atoms with Crippen molar-refractivity contribution in [3.05, 3.63) is 59.7 Å². The highest BCUT2D eigenvalue weighted by molar-refractivity contribution is 7.92. The minimum atomic E-state index is -3.79. The molecular formula is C34H47N3O5S. The molecule has 4 fully saturated rings. The zero-order valence-electron chi connectivity index (χ0n) is 26.1. The van der Waals surface area contributed by atoms with E-state index < -0.39 is 28.5 Å². The number of methoxy groups -OCH3 is 1. The summed E-state index contributed by atoms with van der Waals surface area (Å²) in [5.41, 5.74) is 2.75. The number of carbonyl (C=O) groups excluding carboxylic acids is 2. The van der Waals surface area contributed by atoms with E-state index in [1.54, 1.807) is 14.0 Å². The van der Waals surface area contributed by atoms with E-state index in [1.165, 1.54) is 53.3 Å². The average molecular weight is 610 g/mol. The monoisotopic (exact) mass is 609 g/mol. The van der Waals surface area contributed by atoms with Gasteiger partial charge in [-0.05, 0) is 110 Å². The van der Waals surface area contributed by atoms with E-state index in [2.05, 4.69) is 17.4 Å². The van der Waals surface area contributed by atoms with Crippen molar-refractivity contribution in [1.29, 1.82) is 0 Å². The van der Waals surface area contributed by atoms with Gasteiger partial charge in [0.2, 0.25) is 21.8 Å². The third kappa shape index (κ3) is 7.03. The second-order valence-electron chi connectivity index (χ2n) is 13.2. The topological polar surface area (TPSA) is 96.0 Å². The fraction of sp³-hybridized carbons (Fsp3) is 0.588. The number of hydrogen-bond donors (Lipinski definition) is 1. The van der Waals surface area contributed by atoms with Crippen LogP contribution in [0.1, 0.15) is 76.3 Å². The van der Waals surface area contributed by atoms with Crippen LogP contribution in [-0.2, 0) is 31.6 Å². The Balaban J connectivity index is 1.37. The van der Waals surface area contributed by atoms with Crippen LogP contribution in [-0.4, -0.2) is 57.6 Å². The Morgan fingerprint density at radius 1 is 1.02 bits per heavy atom. The molecule has 2 aromatic rings. The molecule has 0 heterocycles. The first-order valence-electron chi connectivity index (χ1n) is 15.8. The van der Waals surface area contributed by atoms with Crippen molar-refractivity contribution >= 4 is 27.5 Å². The minimum absolute atomic E-state index is 0.140. The zero-order valence-corrected chi connectivity index (χ0v) is 26.9. The van der Waals surface area contributed by atoms with Gasteiger partial charge in [-0.1, -0.05) is 37.6 Å². The van der Waals surface area contributed by atoms with Gasteiger partial charge in [-0.25, -0.2) is 8.42 Å². The van der Waals surface area contributed by atoms with Crippen LogP contribution in [0.3, 0.4) is 0 Å². The summed E-state index contributed by atoms with van der Waals surface area (Å²) in [6.07, 6.45) is 10.7. The van der Waals surface area contributed by atoms with Crippen molar-refractivity contribution in [1.82, 2.24) is 10.2 Å². The lowest BCUT2D eigenvalue weighted by Crippen LogP contribution is -2.51. The molecule has 0 aliphatic heterocycles. The average Bonchev–Trinajstić information content (AvgIpc) is 2.97. The molecule has 0 aromatic heterocycles. The summed E-state index contributed by atoms with van der Waals surface area (Å²) < 4.78 is 32.7. The standard InChI is InChI=1S/C34H47N3O5S/c1-5-6-14-35-33(39)24(2)36(22-25-8-7-9-31(18-25)42-3)32(38)23-37(43(4,40)41)30-12-10-29(11-13-30)34-19-26-15-27(20-34)17-28(16-26)21-34/h7-13,18,24,26-28H,5-6,14-17,19-23H2,1-4H3,(H,35,39)/t24-,26?,27?,28?,34?/m1/s1. The first-order valence-corrected chi connectivity index (χ1v) is 17.6. The largest absolute Gasteiger partial charge is 0.497 e. The first-order chi connectivity index (χ1) is 20.5. The summed E-state index contributed by atoms with van der Waals surface area (Å²) >= 11 is 0. The van der Waals surface area contributed by atoms with Crippen LogP contribution >= 0.6 is 0 Å². The molecular weight excluding hydrogens is 562 g/mol. The number of amides is 2. The maximum Gasteiger partial charge on any atom is 0.244 e. The molecule has 4 saturated carbocycles. The van der Waals surface area contributed by atoms with Crippen LogP contribution in [0.4, 0.5) is 5.69 Å². The fourth-order valence-corrected chi connectivity index (χ4v) is 8.99. The van der Waals surface area contributed by atoms with Gasteiger partial charge in [0.15, 0.2) is 0 Å². The number of benzene rings is 2. The van der Waals surface area contributed by atoms with Gasteiger partial charge in [-0.3, -0.25) is 13.9 Å². The molecule has 0 unspecified atom stereocenters. The highest BCUT2D eigenvalue weighted by Crippen LogP contribution is 2.60. The minimum Gasteiger partial charge on any atom is -0.497 e. The second-order valence-corrected chi connectivity index (χ2v) is 15.1. The Morgan fingerprint density at radius 3 is 2.21 bits per heavy atom. The molecule has 4 aliphatic rings. The van der Waals surface area contributed by atoms with Gasteiger partial charge in [0, 0.05) is 13.1 Å². The predicted octanol–water partition coefficient (Wildman–Crippen LogP) is 5.26. The SMILES string of the molecule is CCCCNC(=O)[C@@H](C)N(Cc1cccc(OC)c1)C(=O)CN(c1ccc(C23CC4CC(CC(C4)C2)C3)cc1)S(C)(=O)=O. The molecule has 1 N–H and O–H groups in total. The summed E-state index contributed by atoms with van der Waals surface area (Å²) in [7, 11) is -2.21. The van der Waals surface area contributed by atoms with Crippen LogP contribution in [0.2, 0.25) is 0 Å². The molecule has 6 rings (SSSR count). The lowest BCUT2D eigenvalue weighted by Gasteiger charge is -2.57. The maximum absolute atomic E-state index is 13.9. The van der Waals surface area contributed by atoms with Gasteiger partial charge in [0.05, 0.1) is 19.1 Å². The molecule has 8 nitrogen and oxygen atoms in total. The molecule has 234 valence electrons. The van der Waals surface area contributed by atoms with E-state index in [9.17, 15) is 18.0 Å². The maximum atomic E-state index is 13.9. The van der Waals surface area contributed by atoms with E-state index in [0.29, 0.717) is 18.0 Å². The van der Waals surface area contributed by atoms with E-state index in [0.717, 1.165) is 42.4 Å². The first kappa shape index (κ1) is 31.4. The number of carbonyl (C=O) groups is 2. The molecule has 2 amide bonds. The van der Waals surface area contributed by atoms with E-state index in [4.69, 9.17) is 4.74 Å². The van der Waals surface area contributed by atoms with Gasteiger partial charge in [-0.2, -0.15) is 0 Å². The Morgan fingerprint density at radius 2 is 1.65 bits per heavy atom. The van der Waals surface area contributed by atoms with E-state index in [-0.39, 0.29) is 17.9 Å². The molecule has 2 aromatic carbocycles. The number of rotatable bonds is 13. The third-order valence-corrected chi connectivity index (χ3v) is 11.1. The van der Waals surface area contributed by atoms with Gasteiger partial charge >= 0.3 is 0 Å². The molecule has 4 aliphatic carbocycles. The molecule has 0 radical (unpaired) electrons. The lowest BCUT2D eigenvalue weighted by molar-refractivity contribution is -0.139. The van der Waals surface area contributed by atoms with Gasteiger partial charge < -0.3 is 15.0 Å². The summed E-state index contributed by atoms with van der Waals surface area (Å²) in [4.78, 5) is 28.4. The molecule has 43 heavy (non-hydrogen) atoms. The van der Waals surface area contributed by atoms with Gasteiger partial charge in [-0.15, -0.1) is 0 Å². The molecule has 0 saturated heterocycles. The lowest BCUT2D eigenvalue weighted by atomic mass is 9.48. The normalized spacial score (nSPS) is 24.8. The number of nitrogens with zero attached hydrogens (tertiary/aromatic N) is 2. The van der Waals surface area contributed by atoms with E-state index >= 15 is 0 Å². The second kappa shape index (κ2) is 12.9. The zero-order chi connectivity index (χ0) is 30.8. The highest BCUT2D eigenvalue weighted by Gasteiger charge is 2.51. The van der Waals surface area contributed by atoms with Gasteiger partial charge in [0.1, 0.15) is 18.3 Å². The van der Waals surface area contributed by atoms with Crippen molar-refractivity contribution in [2.75, 3.05) is 30.8 Å². The fourth-order valence-electron chi connectivity index (χ4n) is 8.15. The Bertz CT molecular complexity index is 1370. The Labute approximate surface area is 257 Å². The predicted molar refractivity (Wildman–Crippen MR) is 169 cm³/mol. The van der Waals surface area contributed by atoms with Crippen LogP contribution in [0.25, 0.3) is 0 Å². The molecule has 4 bridgehead atoms. The van der Waals surface area contributed by atoms with Crippen LogP contribution < -0.4 is 14.4 Å². The van der Waals surface area contributed by atoms with Crippen molar-refractivity contribution in [2.24, 2.45) is 17.8 Å². The quantitative estimate of drug-likeness (QED) is 0.313. The summed E-state index contributed by atoms with van der Waals surface area (Å²) in [5.74, 6) is 2.36. The van der Waals surface area contributed by atoms with Crippen molar-refractivity contribution in [3.63, 3.8) is 0 Å². The van der Waals surface area contributed by atoms with Crippen LogP contribution in [0.15, 0.2) is 48.5 Å². The third-order valence-electron chi connectivity index (χ3n) is 9.97. The van der Waals surface area contributed by atoms with Crippen molar-refractivity contribution < 1.29 is 22.7 Å². The molecule has 9 heteroatoms. The van der Waals surface area contributed by atoms with Crippen LogP contribution in [0.5, 0.6) is 5.75 Å². The number of nitrogens with one attached hydrogen (secondary N) is 1. The highest BCUT2D eigenvalue weighted by atomic mass is 32.2. The molecule has 0 spiro atoms. The van der Waals surface area contributed by atoms with Crippen molar-refractivity contribution in [2.45, 2.75) is 83.2 Å². The summed E-state index contributed by atoms with van der Waals surface area (Å²) in [6.45, 7) is 3.99. The smallest absolute Gasteiger partial charge is 0.244 e. The number of ether oxygens (including phenoxy) is 1. The molecule has 1 atom stereocenters. The number of anilines is 1. The van der Waals surface area contributed by atoms with Gasteiger partial charge in [0.25, 0.3) is 0 Å². The van der Waals surface area contributed by atoms with Crippen LogP contribution in [0, 0.1) is 17.8 Å². The number of hydrogen-bond acceptors (Lipinski definition) is 5. The number of unbranched alkanes of at least 4 members (excludes halogenated alkanes) is 1. The number of sulfonamides is 1.